The summed E-state index contributed by atoms with van der Waals surface area (Å²) in [5.41, 5.74) is 1.44. The van der Waals surface area contributed by atoms with Crippen LogP contribution in [0.1, 0.15) is 18.9 Å². The number of benzene rings is 1. The second kappa shape index (κ2) is 5.07. The molecule has 1 aliphatic heterocycles. The zero-order chi connectivity index (χ0) is 12.3. The van der Waals surface area contributed by atoms with Crippen LogP contribution in [-0.4, -0.2) is 25.9 Å². The van der Waals surface area contributed by atoms with Gasteiger partial charge in [-0.15, -0.1) is 0 Å². The summed E-state index contributed by atoms with van der Waals surface area (Å²) in [5, 5.41) is 12.4. The lowest BCUT2D eigenvalue weighted by atomic mass is 10.1. The molecule has 2 rings (SSSR count). The third-order valence-corrected chi connectivity index (χ3v) is 3.06. The molecule has 90 valence electrons. The molecule has 4 nitrogen and oxygen atoms in total. The molecule has 1 heterocycles. The molecule has 0 bridgehead atoms. The van der Waals surface area contributed by atoms with Crippen LogP contribution in [0.15, 0.2) is 18.2 Å². The summed E-state index contributed by atoms with van der Waals surface area (Å²) < 4.78 is 10.7. The Morgan fingerprint density at radius 3 is 2.94 bits per heavy atom. The number of rotatable bonds is 3. The van der Waals surface area contributed by atoms with E-state index in [0.717, 1.165) is 24.5 Å². The van der Waals surface area contributed by atoms with E-state index in [2.05, 4.69) is 11.4 Å². The standard InChI is InChI=1S/C13H16N2O2/c1-9-12(5-6-17-9)15-13-7-11(16-2)4-3-10(13)8-14/h3-4,7,9,12,15H,5-6H2,1-2H3. The van der Waals surface area contributed by atoms with Gasteiger partial charge in [0.15, 0.2) is 0 Å². The van der Waals surface area contributed by atoms with E-state index in [4.69, 9.17) is 14.7 Å². The van der Waals surface area contributed by atoms with Gasteiger partial charge in [0.1, 0.15) is 11.8 Å². The minimum absolute atomic E-state index is 0.174. The van der Waals surface area contributed by atoms with E-state index in [1.807, 2.05) is 13.0 Å². The molecule has 2 unspecified atom stereocenters. The number of nitrogens with zero attached hydrogens (tertiary/aromatic N) is 1. The fourth-order valence-corrected chi connectivity index (χ4v) is 1.99. The molecule has 1 aromatic carbocycles. The first kappa shape index (κ1) is 11.7. The minimum atomic E-state index is 0.174. The van der Waals surface area contributed by atoms with Crippen molar-refractivity contribution in [3.05, 3.63) is 23.8 Å². The van der Waals surface area contributed by atoms with Crippen LogP contribution in [0, 0.1) is 11.3 Å². The Bertz CT molecular complexity index is 440. The number of hydrogen-bond acceptors (Lipinski definition) is 4. The molecule has 0 aliphatic carbocycles. The smallest absolute Gasteiger partial charge is 0.121 e. The van der Waals surface area contributed by atoms with E-state index in [1.54, 1.807) is 19.2 Å². The number of anilines is 1. The van der Waals surface area contributed by atoms with E-state index in [0.29, 0.717) is 5.56 Å². The van der Waals surface area contributed by atoms with E-state index in [1.165, 1.54) is 0 Å². The lowest BCUT2D eigenvalue weighted by molar-refractivity contribution is 0.121. The summed E-state index contributed by atoms with van der Waals surface area (Å²) in [4.78, 5) is 0. The SMILES string of the molecule is COc1ccc(C#N)c(NC2CCOC2C)c1. The quantitative estimate of drug-likeness (QED) is 0.867. The Morgan fingerprint density at radius 2 is 2.35 bits per heavy atom. The zero-order valence-electron chi connectivity index (χ0n) is 10.1. The Balaban J connectivity index is 2.21. The summed E-state index contributed by atoms with van der Waals surface area (Å²) >= 11 is 0. The van der Waals surface area contributed by atoms with Crippen molar-refractivity contribution in [3.8, 4) is 11.8 Å². The molecule has 0 radical (unpaired) electrons. The molecule has 1 aromatic rings. The average Bonchev–Trinajstić information content (AvgIpc) is 2.75. The maximum atomic E-state index is 9.06. The fourth-order valence-electron chi connectivity index (χ4n) is 1.99. The van der Waals surface area contributed by atoms with Gasteiger partial charge in [0.2, 0.25) is 0 Å². The molecule has 0 saturated carbocycles. The van der Waals surface area contributed by atoms with Gasteiger partial charge in [-0.1, -0.05) is 0 Å². The van der Waals surface area contributed by atoms with Gasteiger partial charge in [0.05, 0.1) is 30.5 Å². The van der Waals surface area contributed by atoms with Crippen molar-refractivity contribution in [2.24, 2.45) is 0 Å². The molecule has 1 aliphatic rings. The Kier molecular flexibility index (Phi) is 3.50. The van der Waals surface area contributed by atoms with Crippen molar-refractivity contribution in [1.29, 1.82) is 5.26 Å². The summed E-state index contributed by atoms with van der Waals surface area (Å²) in [6.07, 6.45) is 1.14. The van der Waals surface area contributed by atoms with Gasteiger partial charge in [-0.2, -0.15) is 5.26 Å². The van der Waals surface area contributed by atoms with E-state index < -0.39 is 0 Å². The normalized spacial score (nSPS) is 23.1. The largest absolute Gasteiger partial charge is 0.497 e. The number of nitrogens with one attached hydrogen (secondary N) is 1. The van der Waals surface area contributed by atoms with Gasteiger partial charge < -0.3 is 14.8 Å². The van der Waals surface area contributed by atoms with Crippen molar-refractivity contribution >= 4 is 5.69 Å². The second-order valence-electron chi connectivity index (χ2n) is 4.14. The third-order valence-electron chi connectivity index (χ3n) is 3.06. The van der Waals surface area contributed by atoms with Crippen molar-refractivity contribution in [2.45, 2.75) is 25.5 Å². The summed E-state index contributed by atoms with van der Waals surface area (Å²) in [7, 11) is 1.62. The Labute approximate surface area is 101 Å². The Morgan fingerprint density at radius 1 is 1.53 bits per heavy atom. The molecule has 1 fully saturated rings. The van der Waals surface area contributed by atoms with Gasteiger partial charge in [0, 0.05) is 12.7 Å². The molecule has 1 saturated heterocycles. The monoisotopic (exact) mass is 232 g/mol. The van der Waals surface area contributed by atoms with Gasteiger partial charge in [-0.3, -0.25) is 0 Å². The average molecular weight is 232 g/mol. The molecule has 17 heavy (non-hydrogen) atoms. The fraction of sp³-hybridized carbons (Fsp3) is 0.462. The highest BCUT2D eigenvalue weighted by molar-refractivity contribution is 5.61. The molecule has 2 atom stereocenters. The highest BCUT2D eigenvalue weighted by atomic mass is 16.5. The van der Waals surface area contributed by atoms with Crippen molar-refractivity contribution in [3.63, 3.8) is 0 Å². The highest BCUT2D eigenvalue weighted by Gasteiger charge is 2.24. The molecule has 0 amide bonds. The van der Waals surface area contributed by atoms with Crippen molar-refractivity contribution < 1.29 is 9.47 Å². The molecule has 1 N–H and O–H groups in total. The van der Waals surface area contributed by atoms with Crippen LogP contribution in [0.2, 0.25) is 0 Å². The highest BCUT2D eigenvalue weighted by Crippen LogP contribution is 2.25. The summed E-state index contributed by atoms with van der Waals surface area (Å²) in [6.45, 7) is 2.81. The predicted molar refractivity (Wildman–Crippen MR) is 65.2 cm³/mol. The number of ether oxygens (including phenoxy) is 2. The van der Waals surface area contributed by atoms with Gasteiger partial charge in [0.25, 0.3) is 0 Å². The molecular weight excluding hydrogens is 216 g/mol. The van der Waals surface area contributed by atoms with Gasteiger partial charge in [-0.05, 0) is 25.5 Å². The third kappa shape index (κ3) is 2.51. The molecule has 0 aromatic heterocycles. The molecule has 0 spiro atoms. The number of hydrogen-bond donors (Lipinski definition) is 1. The van der Waals surface area contributed by atoms with Gasteiger partial charge in [-0.25, -0.2) is 0 Å². The second-order valence-corrected chi connectivity index (χ2v) is 4.14. The van der Waals surface area contributed by atoms with E-state index in [9.17, 15) is 0 Å². The van der Waals surface area contributed by atoms with Crippen LogP contribution in [0.4, 0.5) is 5.69 Å². The first-order valence-electron chi connectivity index (χ1n) is 5.71. The van der Waals surface area contributed by atoms with Crippen LogP contribution >= 0.6 is 0 Å². The summed E-state index contributed by atoms with van der Waals surface area (Å²) in [5.74, 6) is 0.748. The minimum Gasteiger partial charge on any atom is -0.497 e. The lowest BCUT2D eigenvalue weighted by Gasteiger charge is -2.18. The van der Waals surface area contributed by atoms with E-state index >= 15 is 0 Å². The first-order chi connectivity index (χ1) is 8.24. The van der Waals surface area contributed by atoms with Gasteiger partial charge >= 0.3 is 0 Å². The summed E-state index contributed by atoms with van der Waals surface area (Å²) in [6, 6.07) is 7.84. The van der Waals surface area contributed by atoms with E-state index in [-0.39, 0.29) is 12.1 Å². The molecule has 4 heteroatoms. The first-order valence-corrected chi connectivity index (χ1v) is 5.71. The zero-order valence-corrected chi connectivity index (χ0v) is 10.1. The molecular formula is C13H16N2O2. The lowest BCUT2D eigenvalue weighted by Crippen LogP contribution is -2.27. The van der Waals surface area contributed by atoms with Crippen LogP contribution in [0.25, 0.3) is 0 Å². The Hall–Kier alpha value is -1.73. The van der Waals surface area contributed by atoms with Crippen molar-refractivity contribution in [2.75, 3.05) is 19.0 Å². The van der Waals surface area contributed by atoms with Crippen molar-refractivity contribution in [1.82, 2.24) is 0 Å². The maximum Gasteiger partial charge on any atom is 0.121 e. The maximum absolute atomic E-state index is 9.06. The van der Waals surface area contributed by atoms with Crippen LogP contribution in [0.5, 0.6) is 5.75 Å². The van der Waals surface area contributed by atoms with Crippen LogP contribution < -0.4 is 10.1 Å². The topological polar surface area (TPSA) is 54.3 Å². The number of methoxy groups -OCH3 is 1. The van der Waals surface area contributed by atoms with Crippen LogP contribution in [0.3, 0.4) is 0 Å². The predicted octanol–water partition coefficient (Wildman–Crippen LogP) is 2.16. The number of nitriles is 1. The van der Waals surface area contributed by atoms with Crippen LogP contribution in [-0.2, 0) is 4.74 Å².